The van der Waals surface area contributed by atoms with Crippen LogP contribution in [0, 0.1) is 0 Å². The van der Waals surface area contributed by atoms with Gasteiger partial charge in [-0.1, -0.05) is 0 Å². The van der Waals surface area contributed by atoms with Gasteiger partial charge in [0, 0.05) is 6.04 Å². The van der Waals surface area contributed by atoms with Crippen LogP contribution >= 0.6 is 0 Å². The third-order valence-corrected chi connectivity index (χ3v) is 2.62. The van der Waals surface area contributed by atoms with Gasteiger partial charge in [-0.3, -0.25) is 4.90 Å². The first-order chi connectivity index (χ1) is 6.25. The summed E-state index contributed by atoms with van der Waals surface area (Å²) in [7, 11) is 0. The van der Waals surface area contributed by atoms with Crippen LogP contribution in [0.25, 0.3) is 0 Å². The second-order valence-electron chi connectivity index (χ2n) is 3.63. The molecule has 1 aliphatic rings. The molecule has 1 aromatic rings. The van der Waals surface area contributed by atoms with E-state index >= 15 is 0 Å². The second-order valence-corrected chi connectivity index (χ2v) is 3.63. The Labute approximate surface area is 77.7 Å². The third-order valence-electron chi connectivity index (χ3n) is 2.62. The lowest BCUT2D eigenvalue weighted by atomic mass is 10.2. The Balaban J connectivity index is 1.97. The van der Waals surface area contributed by atoms with E-state index in [1.165, 1.54) is 12.8 Å². The van der Waals surface area contributed by atoms with Crippen molar-refractivity contribution < 1.29 is 4.42 Å². The van der Waals surface area contributed by atoms with E-state index in [2.05, 4.69) is 16.8 Å². The molecule has 1 atom stereocenters. The maximum absolute atomic E-state index is 5.39. The minimum absolute atomic E-state index is 0.266. The van der Waals surface area contributed by atoms with Crippen LogP contribution < -0.4 is 5.73 Å². The van der Waals surface area contributed by atoms with Gasteiger partial charge in [0.05, 0.1) is 12.7 Å². The van der Waals surface area contributed by atoms with Gasteiger partial charge in [-0.2, -0.15) is 0 Å². The summed E-state index contributed by atoms with van der Waals surface area (Å²) in [5, 5.41) is 0. The zero-order valence-electron chi connectivity index (χ0n) is 7.86. The molecule has 2 heterocycles. The summed E-state index contributed by atoms with van der Waals surface area (Å²) in [5.74, 6) is 0.867. The smallest absolute Gasteiger partial charge is 0.292 e. The number of anilines is 1. The summed E-state index contributed by atoms with van der Waals surface area (Å²) < 4.78 is 5.22. The van der Waals surface area contributed by atoms with E-state index in [9.17, 15) is 0 Å². The van der Waals surface area contributed by atoms with E-state index in [0.29, 0.717) is 6.04 Å². The van der Waals surface area contributed by atoms with Crippen molar-refractivity contribution in [1.29, 1.82) is 0 Å². The van der Waals surface area contributed by atoms with Crippen LogP contribution in [0.3, 0.4) is 0 Å². The van der Waals surface area contributed by atoms with Gasteiger partial charge in [0.1, 0.15) is 5.76 Å². The molecular weight excluding hydrogens is 166 g/mol. The number of nitrogen functional groups attached to an aromatic ring is 1. The van der Waals surface area contributed by atoms with Gasteiger partial charge in [-0.15, -0.1) is 0 Å². The van der Waals surface area contributed by atoms with Crippen LogP contribution in [0.5, 0.6) is 0 Å². The van der Waals surface area contributed by atoms with Crippen molar-refractivity contribution in [2.24, 2.45) is 0 Å². The number of hydrogen-bond donors (Lipinski definition) is 1. The van der Waals surface area contributed by atoms with Crippen LogP contribution in [0.4, 0.5) is 6.01 Å². The van der Waals surface area contributed by atoms with Crippen LogP contribution in [0.15, 0.2) is 10.6 Å². The van der Waals surface area contributed by atoms with E-state index in [-0.39, 0.29) is 6.01 Å². The van der Waals surface area contributed by atoms with Gasteiger partial charge in [-0.25, -0.2) is 4.98 Å². The maximum Gasteiger partial charge on any atom is 0.292 e. The molecule has 2 N–H and O–H groups in total. The van der Waals surface area contributed by atoms with Crippen LogP contribution in [-0.2, 0) is 6.54 Å². The molecular formula is C9H15N3O. The number of nitrogens with zero attached hydrogens (tertiary/aromatic N) is 2. The SMILES string of the molecule is CC1CCCN1Cc1cnc(N)o1. The van der Waals surface area contributed by atoms with Gasteiger partial charge in [0.2, 0.25) is 0 Å². The molecule has 1 aliphatic heterocycles. The Kier molecular flexibility index (Phi) is 2.22. The average Bonchev–Trinajstić information content (AvgIpc) is 2.64. The van der Waals surface area contributed by atoms with Crippen molar-refractivity contribution in [3.05, 3.63) is 12.0 Å². The lowest BCUT2D eigenvalue weighted by Gasteiger charge is -2.18. The molecule has 72 valence electrons. The minimum atomic E-state index is 0.266. The van der Waals surface area contributed by atoms with Gasteiger partial charge in [0.25, 0.3) is 6.01 Å². The van der Waals surface area contributed by atoms with E-state index < -0.39 is 0 Å². The molecule has 0 radical (unpaired) electrons. The summed E-state index contributed by atoms with van der Waals surface area (Å²) in [6.45, 7) is 4.24. The van der Waals surface area contributed by atoms with Gasteiger partial charge < -0.3 is 10.2 Å². The second kappa shape index (κ2) is 3.38. The predicted molar refractivity (Wildman–Crippen MR) is 50.0 cm³/mol. The summed E-state index contributed by atoms with van der Waals surface area (Å²) in [5.41, 5.74) is 5.39. The first-order valence-corrected chi connectivity index (χ1v) is 4.70. The molecule has 1 unspecified atom stereocenters. The first-order valence-electron chi connectivity index (χ1n) is 4.70. The Morgan fingerprint density at radius 1 is 1.77 bits per heavy atom. The zero-order chi connectivity index (χ0) is 9.26. The van der Waals surface area contributed by atoms with E-state index in [4.69, 9.17) is 10.2 Å². The number of rotatable bonds is 2. The summed E-state index contributed by atoms with van der Waals surface area (Å²) in [6, 6.07) is 0.924. The summed E-state index contributed by atoms with van der Waals surface area (Å²) >= 11 is 0. The molecule has 0 spiro atoms. The monoisotopic (exact) mass is 181 g/mol. The lowest BCUT2D eigenvalue weighted by molar-refractivity contribution is 0.240. The average molecular weight is 181 g/mol. The van der Waals surface area contributed by atoms with Crippen molar-refractivity contribution >= 4 is 6.01 Å². The predicted octanol–water partition coefficient (Wildman–Crippen LogP) is 1.24. The molecule has 1 aromatic heterocycles. The van der Waals surface area contributed by atoms with Gasteiger partial charge in [-0.05, 0) is 26.3 Å². The fraction of sp³-hybridized carbons (Fsp3) is 0.667. The summed E-state index contributed by atoms with van der Waals surface area (Å²) in [6.07, 6.45) is 4.27. The molecule has 0 saturated carbocycles. The van der Waals surface area contributed by atoms with Crippen LogP contribution in [0.2, 0.25) is 0 Å². The van der Waals surface area contributed by atoms with Gasteiger partial charge >= 0.3 is 0 Å². The van der Waals surface area contributed by atoms with Crippen LogP contribution in [-0.4, -0.2) is 22.5 Å². The quantitative estimate of drug-likeness (QED) is 0.745. The van der Waals surface area contributed by atoms with E-state index in [1.54, 1.807) is 6.20 Å². The number of aromatic nitrogens is 1. The largest absolute Gasteiger partial charge is 0.428 e. The summed E-state index contributed by atoms with van der Waals surface area (Å²) in [4.78, 5) is 6.26. The number of likely N-dealkylation sites (tertiary alicyclic amines) is 1. The fourth-order valence-corrected chi connectivity index (χ4v) is 1.82. The van der Waals surface area contributed by atoms with Crippen molar-refractivity contribution in [3.8, 4) is 0 Å². The maximum atomic E-state index is 5.39. The standard InChI is InChI=1S/C9H15N3O/c1-7-3-2-4-12(7)6-8-5-11-9(10)13-8/h5,7H,2-4,6H2,1H3,(H2,10,11). The molecule has 4 nitrogen and oxygen atoms in total. The molecule has 0 bridgehead atoms. The molecule has 0 aliphatic carbocycles. The first kappa shape index (κ1) is 8.56. The molecule has 1 saturated heterocycles. The zero-order valence-corrected chi connectivity index (χ0v) is 7.86. The number of hydrogen-bond acceptors (Lipinski definition) is 4. The highest BCUT2D eigenvalue weighted by molar-refractivity contribution is 5.11. The lowest BCUT2D eigenvalue weighted by Crippen LogP contribution is -2.25. The van der Waals surface area contributed by atoms with E-state index in [0.717, 1.165) is 18.8 Å². The van der Waals surface area contributed by atoms with Crippen molar-refractivity contribution in [1.82, 2.24) is 9.88 Å². The number of oxazole rings is 1. The van der Waals surface area contributed by atoms with Crippen molar-refractivity contribution in [3.63, 3.8) is 0 Å². The molecule has 2 rings (SSSR count). The highest BCUT2D eigenvalue weighted by atomic mass is 16.4. The third kappa shape index (κ3) is 1.83. The molecule has 0 aromatic carbocycles. The Morgan fingerprint density at radius 2 is 2.62 bits per heavy atom. The fourth-order valence-electron chi connectivity index (χ4n) is 1.82. The van der Waals surface area contributed by atoms with Gasteiger partial charge in [0.15, 0.2) is 0 Å². The topological polar surface area (TPSA) is 55.3 Å². The van der Waals surface area contributed by atoms with Crippen molar-refractivity contribution in [2.45, 2.75) is 32.4 Å². The molecule has 0 amide bonds. The Hall–Kier alpha value is -1.03. The Morgan fingerprint density at radius 3 is 3.15 bits per heavy atom. The van der Waals surface area contributed by atoms with Crippen LogP contribution in [0.1, 0.15) is 25.5 Å². The minimum Gasteiger partial charge on any atom is -0.428 e. The molecule has 1 fully saturated rings. The highest BCUT2D eigenvalue weighted by Gasteiger charge is 2.21. The Bertz CT molecular complexity index is 284. The number of nitrogens with two attached hydrogens (primary N) is 1. The highest BCUT2D eigenvalue weighted by Crippen LogP contribution is 2.19. The van der Waals surface area contributed by atoms with E-state index in [1.807, 2.05) is 0 Å². The van der Waals surface area contributed by atoms with Crippen molar-refractivity contribution in [2.75, 3.05) is 12.3 Å². The molecule has 13 heavy (non-hydrogen) atoms. The molecule has 4 heteroatoms. The normalized spacial score (nSPS) is 23.9.